The molecule has 1 aliphatic rings. The molecule has 1 unspecified atom stereocenters. The van der Waals surface area contributed by atoms with E-state index in [0.717, 1.165) is 31.5 Å². The Kier molecular flexibility index (Phi) is 7.45. The van der Waals surface area contributed by atoms with Crippen molar-refractivity contribution in [1.82, 2.24) is 10.2 Å². The zero-order valence-corrected chi connectivity index (χ0v) is 20.9. The minimum absolute atomic E-state index is 0.0390. The van der Waals surface area contributed by atoms with Crippen LogP contribution in [0.2, 0.25) is 5.02 Å². The Bertz CT molecular complexity index is 1230. The zero-order valence-electron chi connectivity index (χ0n) is 19.3. The molecule has 1 saturated heterocycles. The predicted octanol–water partition coefficient (Wildman–Crippen LogP) is 5.46. The van der Waals surface area contributed by atoms with Gasteiger partial charge in [0, 0.05) is 11.6 Å². The van der Waals surface area contributed by atoms with Gasteiger partial charge in [-0.3, -0.25) is 9.69 Å². The lowest BCUT2D eigenvalue weighted by molar-refractivity contribution is 0.0905. The second-order valence-electron chi connectivity index (χ2n) is 8.87. The number of benzene rings is 2. The van der Waals surface area contributed by atoms with Gasteiger partial charge in [-0.1, -0.05) is 49.7 Å². The molecule has 1 aromatic heterocycles. The summed E-state index contributed by atoms with van der Waals surface area (Å²) >= 11 is 5.85. The highest BCUT2D eigenvalue weighted by atomic mass is 35.5. The molecule has 6 nitrogen and oxygen atoms in total. The number of hydrogen-bond acceptors (Lipinski definition) is 5. The Morgan fingerprint density at radius 2 is 1.59 bits per heavy atom. The number of rotatable bonds is 8. The van der Waals surface area contributed by atoms with E-state index >= 15 is 0 Å². The molecule has 1 N–H and O–H groups in total. The first kappa shape index (κ1) is 24.5. The third kappa shape index (κ3) is 5.37. The lowest BCUT2D eigenvalue weighted by atomic mass is 9.98. The van der Waals surface area contributed by atoms with Gasteiger partial charge in [0.2, 0.25) is 14.9 Å². The van der Waals surface area contributed by atoms with Crippen molar-refractivity contribution in [1.29, 1.82) is 0 Å². The number of carbonyl (C=O) groups excluding carboxylic acids is 1. The van der Waals surface area contributed by atoms with Crippen molar-refractivity contribution in [2.75, 3.05) is 19.6 Å². The third-order valence-corrected chi connectivity index (χ3v) is 8.11. The fourth-order valence-electron chi connectivity index (χ4n) is 4.21. The van der Waals surface area contributed by atoms with E-state index in [0.29, 0.717) is 17.5 Å². The highest BCUT2D eigenvalue weighted by Crippen LogP contribution is 2.27. The first-order chi connectivity index (χ1) is 16.3. The average molecular weight is 501 g/mol. The summed E-state index contributed by atoms with van der Waals surface area (Å²) in [5.41, 5.74) is 2.43. The second-order valence-corrected chi connectivity index (χ2v) is 11.2. The van der Waals surface area contributed by atoms with Crippen LogP contribution in [0.1, 0.15) is 60.3 Å². The molecule has 3 aromatic rings. The molecule has 8 heteroatoms. The number of sulfone groups is 1. The summed E-state index contributed by atoms with van der Waals surface area (Å²) in [5, 5.41) is 3.09. The maximum Gasteiger partial charge on any atom is 0.287 e. The lowest BCUT2D eigenvalue weighted by Crippen LogP contribution is -2.36. The molecule has 4 rings (SSSR count). The summed E-state index contributed by atoms with van der Waals surface area (Å²) in [4.78, 5) is 15.3. The lowest BCUT2D eigenvalue weighted by Gasteiger charge is -2.28. The monoisotopic (exact) mass is 500 g/mol. The highest BCUT2D eigenvalue weighted by molar-refractivity contribution is 7.91. The molecule has 2 heterocycles. The van der Waals surface area contributed by atoms with E-state index in [1.165, 1.54) is 42.0 Å². The topological polar surface area (TPSA) is 79.6 Å². The molecular weight excluding hydrogens is 472 g/mol. The molecule has 1 amide bonds. The van der Waals surface area contributed by atoms with Gasteiger partial charge in [-0.2, -0.15) is 0 Å². The van der Waals surface area contributed by atoms with Gasteiger partial charge in [0.1, 0.15) is 0 Å². The van der Waals surface area contributed by atoms with Crippen LogP contribution in [0.25, 0.3) is 0 Å². The minimum Gasteiger partial charge on any atom is -0.439 e. The van der Waals surface area contributed by atoms with Crippen LogP contribution in [0.15, 0.2) is 75.1 Å². The normalized spacial score (nSPS) is 15.5. The number of hydrogen-bond donors (Lipinski definition) is 1. The molecule has 1 atom stereocenters. The highest BCUT2D eigenvalue weighted by Gasteiger charge is 2.26. The summed E-state index contributed by atoms with van der Waals surface area (Å²) in [7, 11) is -3.88. The molecule has 0 spiro atoms. The zero-order chi connectivity index (χ0) is 24.3. The molecule has 0 radical (unpaired) electrons. The fourth-order valence-corrected chi connectivity index (χ4v) is 5.51. The second kappa shape index (κ2) is 10.3. The standard InChI is InChI=1S/C26H29ClN2O4S/c1-18(2)19-5-7-20(8-6-19)23(29-15-3-4-16-29)17-28-26(30)24-13-14-25(33-24)34(31,32)22-11-9-21(27)10-12-22/h5-14,18,23H,3-4,15-17H2,1-2H3,(H,28,30). The van der Waals surface area contributed by atoms with Crippen LogP contribution in [0.4, 0.5) is 0 Å². The Morgan fingerprint density at radius 1 is 0.971 bits per heavy atom. The Hall–Kier alpha value is -2.61. The van der Waals surface area contributed by atoms with E-state index in [4.69, 9.17) is 16.0 Å². The van der Waals surface area contributed by atoms with Crippen molar-refractivity contribution in [3.8, 4) is 0 Å². The van der Waals surface area contributed by atoms with Crippen LogP contribution >= 0.6 is 11.6 Å². The van der Waals surface area contributed by atoms with E-state index in [9.17, 15) is 13.2 Å². The van der Waals surface area contributed by atoms with Gasteiger partial charge in [0.15, 0.2) is 5.76 Å². The SMILES string of the molecule is CC(C)c1ccc(C(CNC(=O)c2ccc(S(=O)(=O)c3ccc(Cl)cc3)o2)N2CCCC2)cc1. The van der Waals surface area contributed by atoms with Crippen molar-refractivity contribution >= 4 is 27.3 Å². The van der Waals surface area contributed by atoms with Crippen LogP contribution in [0.3, 0.4) is 0 Å². The number of likely N-dealkylation sites (tertiary alicyclic amines) is 1. The number of amides is 1. The Balaban J connectivity index is 1.48. The van der Waals surface area contributed by atoms with Gasteiger partial charge in [-0.15, -0.1) is 0 Å². The maximum atomic E-state index is 12.8. The van der Waals surface area contributed by atoms with E-state index in [2.05, 4.69) is 48.3 Å². The molecule has 2 aromatic carbocycles. The van der Waals surface area contributed by atoms with Gasteiger partial charge < -0.3 is 9.73 Å². The molecule has 1 fully saturated rings. The summed E-state index contributed by atoms with van der Waals surface area (Å²) in [6.07, 6.45) is 2.28. The molecule has 0 bridgehead atoms. The van der Waals surface area contributed by atoms with Crippen molar-refractivity contribution < 1.29 is 17.6 Å². The van der Waals surface area contributed by atoms with Crippen LogP contribution in [-0.2, 0) is 9.84 Å². The summed E-state index contributed by atoms with van der Waals surface area (Å²) in [6.45, 7) is 6.70. The average Bonchev–Trinajstić information content (AvgIpc) is 3.53. The molecular formula is C26H29ClN2O4S. The first-order valence-electron chi connectivity index (χ1n) is 11.5. The number of furan rings is 1. The first-order valence-corrected chi connectivity index (χ1v) is 13.3. The van der Waals surface area contributed by atoms with Gasteiger partial charge in [-0.25, -0.2) is 8.42 Å². The van der Waals surface area contributed by atoms with Crippen LogP contribution in [0.5, 0.6) is 0 Å². The summed E-state index contributed by atoms with van der Waals surface area (Å²) in [6, 6.07) is 17.1. The molecule has 34 heavy (non-hydrogen) atoms. The maximum absolute atomic E-state index is 12.8. The molecule has 0 saturated carbocycles. The third-order valence-electron chi connectivity index (χ3n) is 6.22. The van der Waals surface area contributed by atoms with E-state index < -0.39 is 15.7 Å². The fraction of sp³-hybridized carbons (Fsp3) is 0.346. The number of nitrogens with zero attached hydrogens (tertiary/aromatic N) is 1. The van der Waals surface area contributed by atoms with Crippen molar-refractivity contribution in [3.63, 3.8) is 0 Å². The Labute approximate surface area is 205 Å². The van der Waals surface area contributed by atoms with E-state index in [1.807, 2.05) is 0 Å². The molecule has 1 aliphatic heterocycles. The van der Waals surface area contributed by atoms with Gasteiger partial charge >= 0.3 is 0 Å². The predicted molar refractivity (Wildman–Crippen MR) is 132 cm³/mol. The van der Waals surface area contributed by atoms with Crippen LogP contribution in [0, 0.1) is 0 Å². The Morgan fingerprint density at radius 3 is 2.21 bits per heavy atom. The van der Waals surface area contributed by atoms with E-state index in [-0.39, 0.29) is 21.8 Å². The molecule has 180 valence electrons. The number of carbonyl (C=O) groups is 1. The van der Waals surface area contributed by atoms with Gasteiger partial charge in [0.25, 0.3) is 5.91 Å². The van der Waals surface area contributed by atoms with Crippen molar-refractivity contribution in [3.05, 3.63) is 82.6 Å². The van der Waals surface area contributed by atoms with Crippen molar-refractivity contribution in [2.24, 2.45) is 0 Å². The summed E-state index contributed by atoms with van der Waals surface area (Å²) in [5.74, 6) is -0.0280. The van der Waals surface area contributed by atoms with E-state index in [1.54, 1.807) is 0 Å². The van der Waals surface area contributed by atoms with Gasteiger partial charge in [0.05, 0.1) is 10.9 Å². The smallest absolute Gasteiger partial charge is 0.287 e. The minimum atomic E-state index is -3.88. The van der Waals surface area contributed by atoms with Crippen molar-refractivity contribution in [2.45, 2.75) is 48.6 Å². The summed E-state index contributed by atoms with van der Waals surface area (Å²) < 4.78 is 31.1. The quantitative estimate of drug-likeness (QED) is 0.444. The van der Waals surface area contributed by atoms with Crippen LogP contribution < -0.4 is 5.32 Å². The molecule has 0 aliphatic carbocycles. The number of nitrogens with one attached hydrogen (secondary N) is 1. The number of halogens is 1. The van der Waals surface area contributed by atoms with Gasteiger partial charge in [-0.05, 0) is 79.4 Å². The van der Waals surface area contributed by atoms with Crippen LogP contribution in [-0.4, -0.2) is 38.9 Å². The largest absolute Gasteiger partial charge is 0.439 e.